The highest BCUT2D eigenvalue weighted by Gasteiger charge is 2.07. The van der Waals surface area contributed by atoms with Crippen molar-refractivity contribution >= 4 is 18.0 Å². The Hall–Kier alpha value is -3.48. The zero-order chi connectivity index (χ0) is 18.8. The summed E-state index contributed by atoms with van der Waals surface area (Å²) in [6.45, 7) is 3.67. The summed E-state index contributed by atoms with van der Waals surface area (Å²) >= 11 is 0. The molecule has 0 atom stereocenters. The standard InChI is InChI=1S/C19H18FN3O3/c1-2-11-26-17-6-4-3-5-15(17)12-22-23-18(24)13-21-19(25)14-7-9-16(20)10-8-14/h2-10,12H,1,11,13H2,(H,21,25)(H,23,24)/b22-12+. The Morgan fingerprint density at radius 3 is 2.62 bits per heavy atom. The molecule has 0 aliphatic rings. The molecule has 2 aromatic rings. The topological polar surface area (TPSA) is 79.8 Å². The van der Waals surface area contributed by atoms with Crippen molar-refractivity contribution < 1.29 is 18.7 Å². The molecular weight excluding hydrogens is 337 g/mol. The number of halogens is 1. The third kappa shape index (κ3) is 5.86. The van der Waals surface area contributed by atoms with Crippen molar-refractivity contribution in [1.82, 2.24) is 10.7 Å². The van der Waals surface area contributed by atoms with E-state index in [1.165, 1.54) is 30.5 Å². The van der Waals surface area contributed by atoms with E-state index < -0.39 is 17.6 Å². The molecule has 2 aromatic carbocycles. The number of ether oxygens (including phenoxy) is 1. The van der Waals surface area contributed by atoms with Crippen LogP contribution in [-0.2, 0) is 4.79 Å². The van der Waals surface area contributed by atoms with Crippen LogP contribution in [0.5, 0.6) is 5.75 Å². The first kappa shape index (κ1) is 18.9. The Bertz CT molecular complexity index is 804. The first-order valence-electron chi connectivity index (χ1n) is 7.78. The Morgan fingerprint density at radius 2 is 1.88 bits per heavy atom. The number of rotatable bonds is 8. The highest BCUT2D eigenvalue weighted by atomic mass is 19.1. The third-order valence-corrected chi connectivity index (χ3v) is 3.18. The minimum Gasteiger partial charge on any atom is -0.489 e. The van der Waals surface area contributed by atoms with Crippen molar-refractivity contribution in [2.45, 2.75) is 0 Å². The quantitative estimate of drug-likeness (QED) is 0.433. The molecule has 6 nitrogen and oxygen atoms in total. The zero-order valence-corrected chi connectivity index (χ0v) is 13.9. The maximum atomic E-state index is 12.8. The van der Waals surface area contributed by atoms with Crippen LogP contribution in [0, 0.1) is 5.82 Å². The van der Waals surface area contributed by atoms with Crippen molar-refractivity contribution in [2.24, 2.45) is 5.10 Å². The fourth-order valence-corrected chi connectivity index (χ4v) is 1.94. The van der Waals surface area contributed by atoms with E-state index in [2.05, 4.69) is 22.4 Å². The molecule has 2 N–H and O–H groups in total. The summed E-state index contributed by atoms with van der Waals surface area (Å²) in [6.07, 6.45) is 3.07. The van der Waals surface area contributed by atoms with E-state index in [-0.39, 0.29) is 12.1 Å². The Labute approximate surface area is 150 Å². The maximum absolute atomic E-state index is 12.8. The predicted octanol–water partition coefficient (Wildman–Crippen LogP) is 2.27. The number of benzene rings is 2. The van der Waals surface area contributed by atoms with Crippen LogP contribution < -0.4 is 15.5 Å². The Kier molecular flexibility index (Phi) is 7.05. The Balaban J connectivity index is 1.83. The van der Waals surface area contributed by atoms with Gasteiger partial charge in [0, 0.05) is 11.1 Å². The van der Waals surface area contributed by atoms with Gasteiger partial charge >= 0.3 is 0 Å². The molecule has 0 unspecified atom stereocenters. The number of nitrogens with zero attached hydrogens (tertiary/aromatic N) is 1. The second-order valence-electron chi connectivity index (χ2n) is 5.12. The van der Waals surface area contributed by atoms with E-state index in [0.29, 0.717) is 17.9 Å². The molecule has 0 aromatic heterocycles. The van der Waals surface area contributed by atoms with Crippen LogP contribution in [0.3, 0.4) is 0 Å². The van der Waals surface area contributed by atoms with Gasteiger partial charge in [0.15, 0.2) is 0 Å². The average Bonchev–Trinajstić information content (AvgIpc) is 2.66. The summed E-state index contributed by atoms with van der Waals surface area (Å²) < 4.78 is 18.3. The normalized spacial score (nSPS) is 10.3. The second kappa shape index (κ2) is 9.73. The highest BCUT2D eigenvalue weighted by molar-refractivity contribution is 5.96. The van der Waals surface area contributed by atoms with Gasteiger partial charge in [0.1, 0.15) is 18.2 Å². The molecule has 0 saturated carbocycles. The van der Waals surface area contributed by atoms with E-state index in [0.717, 1.165) is 0 Å². The second-order valence-corrected chi connectivity index (χ2v) is 5.12. The predicted molar refractivity (Wildman–Crippen MR) is 96.6 cm³/mol. The van der Waals surface area contributed by atoms with Crippen molar-refractivity contribution in [1.29, 1.82) is 0 Å². The molecule has 0 radical (unpaired) electrons. The minimum absolute atomic E-state index is 0.260. The van der Waals surface area contributed by atoms with Crippen LogP contribution in [0.1, 0.15) is 15.9 Å². The van der Waals surface area contributed by atoms with Crippen molar-refractivity contribution in [2.75, 3.05) is 13.2 Å². The monoisotopic (exact) mass is 355 g/mol. The van der Waals surface area contributed by atoms with Gasteiger partial charge < -0.3 is 10.1 Å². The number of hydrazone groups is 1. The van der Waals surface area contributed by atoms with Crippen LogP contribution in [0.2, 0.25) is 0 Å². The lowest BCUT2D eigenvalue weighted by molar-refractivity contribution is -0.120. The summed E-state index contributed by atoms with van der Waals surface area (Å²) in [5, 5.41) is 6.26. The molecule has 26 heavy (non-hydrogen) atoms. The number of hydrogen-bond acceptors (Lipinski definition) is 4. The van der Waals surface area contributed by atoms with E-state index in [4.69, 9.17) is 4.74 Å². The summed E-state index contributed by atoms with van der Waals surface area (Å²) in [5.74, 6) is -0.811. The number of para-hydroxylation sites is 1. The summed E-state index contributed by atoms with van der Waals surface area (Å²) in [7, 11) is 0. The largest absolute Gasteiger partial charge is 0.489 e. The first-order chi connectivity index (χ1) is 12.6. The number of carbonyl (C=O) groups is 2. The molecule has 2 amide bonds. The van der Waals surface area contributed by atoms with Gasteiger partial charge in [-0.1, -0.05) is 24.8 Å². The molecular formula is C19H18FN3O3. The lowest BCUT2D eigenvalue weighted by Gasteiger charge is -2.06. The van der Waals surface area contributed by atoms with Gasteiger partial charge in [-0.25, -0.2) is 9.82 Å². The van der Waals surface area contributed by atoms with E-state index in [1.54, 1.807) is 18.2 Å². The van der Waals surface area contributed by atoms with Gasteiger partial charge in [0.05, 0.1) is 12.8 Å². The first-order valence-corrected chi connectivity index (χ1v) is 7.78. The summed E-state index contributed by atoms with van der Waals surface area (Å²) in [4.78, 5) is 23.6. The number of hydrogen-bond donors (Lipinski definition) is 2. The molecule has 7 heteroatoms. The molecule has 2 rings (SSSR count). The molecule has 0 heterocycles. The molecule has 0 fully saturated rings. The molecule has 0 bridgehead atoms. The van der Waals surface area contributed by atoms with Gasteiger partial charge in [0.25, 0.3) is 11.8 Å². The smallest absolute Gasteiger partial charge is 0.259 e. The molecule has 0 saturated heterocycles. The lowest BCUT2D eigenvalue weighted by atomic mass is 10.2. The lowest BCUT2D eigenvalue weighted by Crippen LogP contribution is -2.34. The molecule has 0 aliphatic heterocycles. The van der Waals surface area contributed by atoms with Crippen LogP contribution in [0.25, 0.3) is 0 Å². The van der Waals surface area contributed by atoms with E-state index >= 15 is 0 Å². The minimum atomic E-state index is -0.499. The molecule has 0 spiro atoms. The van der Waals surface area contributed by atoms with E-state index in [1.807, 2.05) is 12.1 Å². The van der Waals surface area contributed by atoms with Crippen LogP contribution in [0.4, 0.5) is 4.39 Å². The average molecular weight is 355 g/mol. The number of nitrogens with one attached hydrogen (secondary N) is 2. The van der Waals surface area contributed by atoms with Crippen molar-refractivity contribution in [3.8, 4) is 5.75 Å². The molecule has 134 valence electrons. The number of carbonyl (C=O) groups excluding carboxylic acids is 2. The Morgan fingerprint density at radius 1 is 1.15 bits per heavy atom. The summed E-state index contributed by atoms with van der Waals surface area (Å²) in [5.41, 5.74) is 3.26. The fraction of sp³-hybridized carbons (Fsp3) is 0.105. The van der Waals surface area contributed by atoms with Gasteiger partial charge in [-0.05, 0) is 36.4 Å². The van der Waals surface area contributed by atoms with Crippen LogP contribution in [0.15, 0.2) is 66.3 Å². The van der Waals surface area contributed by atoms with Crippen LogP contribution >= 0.6 is 0 Å². The highest BCUT2D eigenvalue weighted by Crippen LogP contribution is 2.15. The van der Waals surface area contributed by atoms with Gasteiger partial charge in [-0.2, -0.15) is 5.10 Å². The van der Waals surface area contributed by atoms with E-state index in [9.17, 15) is 14.0 Å². The van der Waals surface area contributed by atoms with Crippen molar-refractivity contribution in [3.63, 3.8) is 0 Å². The third-order valence-electron chi connectivity index (χ3n) is 3.18. The molecule has 0 aliphatic carbocycles. The van der Waals surface area contributed by atoms with Gasteiger partial charge in [0.2, 0.25) is 0 Å². The fourth-order valence-electron chi connectivity index (χ4n) is 1.94. The van der Waals surface area contributed by atoms with Crippen LogP contribution in [-0.4, -0.2) is 31.2 Å². The number of amides is 2. The SMILES string of the molecule is C=CCOc1ccccc1/C=N/NC(=O)CNC(=O)c1ccc(F)cc1. The van der Waals surface area contributed by atoms with Gasteiger partial charge in [-0.15, -0.1) is 0 Å². The van der Waals surface area contributed by atoms with Crippen molar-refractivity contribution in [3.05, 3.63) is 78.1 Å². The maximum Gasteiger partial charge on any atom is 0.259 e. The zero-order valence-electron chi connectivity index (χ0n) is 13.9. The van der Waals surface area contributed by atoms with Gasteiger partial charge in [-0.3, -0.25) is 9.59 Å². The summed E-state index contributed by atoms with van der Waals surface area (Å²) in [6, 6.07) is 12.2.